The Balaban J connectivity index is 1.68. The predicted molar refractivity (Wildman–Crippen MR) is 138 cm³/mol. The highest BCUT2D eigenvalue weighted by Crippen LogP contribution is 2.38. The zero-order valence-electron chi connectivity index (χ0n) is 20.5. The molecule has 0 saturated carbocycles. The summed E-state index contributed by atoms with van der Waals surface area (Å²) in [6.07, 6.45) is 0.758. The zero-order valence-corrected chi connectivity index (χ0v) is 20.5. The predicted octanol–water partition coefficient (Wildman–Crippen LogP) is 1.90. The van der Waals surface area contributed by atoms with Crippen LogP contribution in [0.2, 0.25) is 0 Å². The minimum absolute atomic E-state index is 0.00759. The molecule has 12 heteroatoms. The number of aliphatic hydroxyl groups excluding tert-OH is 1. The quantitative estimate of drug-likeness (QED) is 0.232. The third kappa shape index (κ3) is 6.54. The van der Waals surface area contributed by atoms with Crippen LogP contribution in [0.5, 0.6) is 11.5 Å². The maximum absolute atomic E-state index is 14.1. The third-order valence-corrected chi connectivity index (χ3v) is 5.59. The average molecular weight is 512 g/mol. The number of nitrogens with zero attached hydrogens (tertiary/aromatic N) is 3. The number of anilines is 2. The van der Waals surface area contributed by atoms with Crippen molar-refractivity contribution in [3.8, 4) is 11.5 Å². The zero-order chi connectivity index (χ0) is 26.2. The van der Waals surface area contributed by atoms with Gasteiger partial charge < -0.3 is 35.8 Å². The average Bonchev–Trinajstić information content (AvgIpc) is 3.31. The van der Waals surface area contributed by atoms with E-state index in [9.17, 15) is 9.18 Å². The van der Waals surface area contributed by atoms with Crippen molar-refractivity contribution in [2.75, 3.05) is 50.3 Å². The minimum atomic E-state index is -0.488. The van der Waals surface area contributed by atoms with Crippen LogP contribution >= 0.6 is 0 Å². The molecule has 0 saturated heterocycles. The first-order valence-electron chi connectivity index (χ1n) is 11.8. The fraction of sp³-hybridized carbons (Fsp3) is 0.320. The van der Waals surface area contributed by atoms with Crippen molar-refractivity contribution in [1.29, 1.82) is 0 Å². The minimum Gasteiger partial charge on any atom is -0.493 e. The largest absolute Gasteiger partial charge is 0.493 e. The van der Waals surface area contributed by atoms with E-state index < -0.39 is 5.91 Å². The number of primary amides is 1. The van der Waals surface area contributed by atoms with Crippen molar-refractivity contribution in [2.45, 2.75) is 12.8 Å². The number of aromatic nitrogens is 2. The van der Waals surface area contributed by atoms with Crippen LogP contribution in [-0.4, -0.2) is 67.1 Å². The Labute approximate surface area is 213 Å². The van der Waals surface area contributed by atoms with Gasteiger partial charge in [0.1, 0.15) is 11.7 Å². The van der Waals surface area contributed by atoms with Crippen LogP contribution in [0, 0.1) is 5.82 Å². The van der Waals surface area contributed by atoms with Crippen molar-refractivity contribution in [3.05, 3.63) is 59.5 Å². The molecule has 1 aliphatic rings. The number of H-pyrrole nitrogens is 1. The van der Waals surface area contributed by atoms with E-state index in [-0.39, 0.29) is 18.8 Å². The number of amidine groups is 1. The van der Waals surface area contributed by atoms with Crippen LogP contribution in [0.25, 0.3) is 0 Å². The number of hydrogen-bond donors (Lipinski definition) is 5. The van der Waals surface area contributed by atoms with Gasteiger partial charge in [-0.05, 0) is 37.2 Å². The highest BCUT2D eigenvalue weighted by atomic mass is 19.1. The van der Waals surface area contributed by atoms with E-state index in [1.165, 1.54) is 12.1 Å². The number of ether oxygens (including phenoxy) is 2. The lowest BCUT2D eigenvalue weighted by Crippen LogP contribution is -2.40. The number of carbonyl (C=O) groups is 1. The van der Waals surface area contributed by atoms with E-state index in [0.717, 1.165) is 12.1 Å². The van der Waals surface area contributed by atoms with Crippen LogP contribution in [0.4, 0.5) is 21.6 Å². The number of rotatable bonds is 12. The number of aromatic amines is 1. The summed E-state index contributed by atoms with van der Waals surface area (Å²) >= 11 is 0. The molecule has 11 nitrogen and oxygen atoms in total. The van der Waals surface area contributed by atoms with Crippen molar-refractivity contribution in [1.82, 2.24) is 15.5 Å². The number of nitrogens with two attached hydrogens (primary N) is 1. The molecule has 1 amide bonds. The van der Waals surface area contributed by atoms with E-state index in [0.29, 0.717) is 66.5 Å². The van der Waals surface area contributed by atoms with Crippen molar-refractivity contribution >= 4 is 28.9 Å². The van der Waals surface area contributed by atoms with Crippen molar-refractivity contribution in [2.24, 2.45) is 10.7 Å². The molecule has 0 aliphatic carbocycles. The number of benzene rings is 2. The number of aliphatic imine (C=N–C) groups is 1. The Morgan fingerprint density at radius 1 is 1.27 bits per heavy atom. The van der Waals surface area contributed by atoms with Gasteiger partial charge in [0.25, 0.3) is 0 Å². The Bertz CT molecular complexity index is 1260. The molecule has 2 aromatic carbocycles. The first-order valence-corrected chi connectivity index (χ1v) is 11.8. The lowest BCUT2D eigenvalue weighted by atomic mass is 10.1. The monoisotopic (exact) mass is 511 g/mol. The molecule has 0 radical (unpaired) electrons. The van der Waals surface area contributed by atoms with Gasteiger partial charge in [-0.25, -0.2) is 9.38 Å². The summed E-state index contributed by atoms with van der Waals surface area (Å²) in [6.45, 7) is 2.11. The summed E-state index contributed by atoms with van der Waals surface area (Å²) in [4.78, 5) is 17.9. The van der Waals surface area contributed by atoms with Crippen LogP contribution < -0.4 is 30.7 Å². The van der Waals surface area contributed by atoms with Crippen molar-refractivity contribution < 1.29 is 23.8 Å². The molecule has 0 fully saturated rings. The summed E-state index contributed by atoms with van der Waals surface area (Å²) in [5, 5.41) is 22.3. The highest BCUT2D eigenvalue weighted by molar-refractivity contribution is 6.16. The van der Waals surface area contributed by atoms with E-state index >= 15 is 0 Å². The fourth-order valence-corrected chi connectivity index (χ4v) is 3.90. The molecule has 2 heterocycles. The number of methoxy groups -OCH3 is 1. The summed E-state index contributed by atoms with van der Waals surface area (Å²) < 4.78 is 25.7. The second-order valence-electron chi connectivity index (χ2n) is 8.30. The molecule has 1 aromatic heterocycles. The Morgan fingerprint density at radius 3 is 2.89 bits per heavy atom. The number of nitrogens with one attached hydrogen (secondary N) is 3. The van der Waals surface area contributed by atoms with Gasteiger partial charge in [0.2, 0.25) is 5.91 Å². The van der Waals surface area contributed by atoms with E-state index in [1.54, 1.807) is 25.3 Å². The Morgan fingerprint density at radius 2 is 2.14 bits per heavy atom. The van der Waals surface area contributed by atoms with E-state index in [1.807, 2.05) is 17.0 Å². The fourth-order valence-electron chi connectivity index (χ4n) is 3.90. The number of aliphatic hydroxyl groups is 1. The second-order valence-corrected chi connectivity index (χ2v) is 8.30. The molecule has 37 heavy (non-hydrogen) atoms. The van der Waals surface area contributed by atoms with Gasteiger partial charge in [0.05, 0.1) is 39.1 Å². The molecule has 0 spiro atoms. The van der Waals surface area contributed by atoms with Gasteiger partial charge in [0, 0.05) is 35.6 Å². The van der Waals surface area contributed by atoms with Crippen LogP contribution in [0.15, 0.2) is 47.5 Å². The standard InChI is InChI=1S/C25H30FN7O4/c1-36-21-13-19-20(14-22(21)37-9-3-6-28-7-8-34)29-15-33(18-5-2-4-16(26)10-18)25(19)30-24-12-17(31-32-24)11-23(27)35/h2,4-5,10,12-14,28-29,34H,3,6-9,11,15H2,1H3,(H2,27,35)(H,31,32). The maximum Gasteiger partial charge on any atom is 0.223 e. The summed E-state index contributed by atoms with van der Waals surface area (Å²) in [5.74, 6) is 1.07. The van der Waals surface area contributed by atoms with Gasteiger partial charge in [-0.3, -0.25) is 9.89 Å². The summed E-state index contributed by atoms with van der Waals surface area (Å²) in [7, 11) is 1.55. The van der Waals surface area contributed by atoms with E-state index in [4.69, 9.17) is 25.3 Å². The van der Waals surface area contributed by atoms with Gasteiger partial charge in [0.15, 0.2) is 17.3 Å². The smallest absolute Gasteiger partial charge is 0.223 e. The Hall–Kier alpha value is -4.16. The number of fused-ring (bicyclic) bond motifs is 1. The molecular weight excluding hydrogens is 481 g/mol. The lowest BCUT2D eigenvalue weighted by Gasteiger charge is -2.33. The molecule has 0 atom stereocenters. The lowest BCUT2D eigenvalue weighted by molar-refractivity contribution is -0.117. The number of carbonyl (C=O) groups excluding carboxylic acids is 1. The molecule has 6 N–H and O–H groups in total. The van der Waals surface area contributed by atoms with Crippen LogP contribution in [0.1, 0.15) is 17.7 Å². The van der Waals surface area contributed by atoms with Crippen LogP contribution in [0.3, 0.4) is 0 Å². The molecule has 4 rings (SSSR count). The molecule has 0 bridgehead atoms. The summed E-state index contributed by atoms with van der Waals surface area (Å²) in [5.41, 5.74) is 7.88. The molecular formula is C25H30FN7O4. The molecule has 1 aliphatic heterocycles. The molecule has 3 aromatic rings. The van der Waals surface area contributed by atoms with Gasteiger partial charge in [-0.2, -0.15) is 5.10 Å². The third-order valence-electron chi connectivity index (χ3n) is 5.59. The number of amides is 1. The topological polar surface area (TPSA) is 150 Å². The number of halogens is 1. The summed E-state index contributed by atoms with van der Waals surface area (Å²) in [6, 6.07) is 11.5. The molecule has 0 unspecified atom stereocenters. The SMILES string of the molecule is COc1cc2c(cc1OCCCNCCO)NCN(c1cccc(F)c1)C2=Nc1cc(CC(N)=O)[nH]n1. The molecule has 196 valence electrons. The maximum atomic E-state index is 14.1. The normalized spacial score (nSPS) is 13.8. The Kier molecular flexibility index (Phi) is 8.54. The van der Waals surface area contributed by atoms with Crippen LogP contribution in [-0.2, 0) is 11.2 Å². The second kappa shape index (κ2) is 12.2. The van der Waals surface area contributed by atoms with E-state index in [2.05, 4.69) is 20.8 Å². The van der Waals surface area contributed by atoms with Gasteiger partial charge in [-0.15, -0.1) is 0 Å². The van der Waals surface area contributed by atoms with Gasteiger partial charge >= 0.3 is 0 Å². The van der Waals surface area contributed by atoms with Crippen molar-refractivity contribution in [3.63, 3.8) is 0 Å². The number of hydrogen-bond acceptors (Lipinski definition) is 8. The van der Waals surface area contributed by atoms with Gasteiger partial charge in [-0.1, -0.05) is 6.07 Å². The first-order chi connectivity index (χ1) is 18.0. The first kappa shape index (κ1) is 25.9. The highest BCUT2D eigenvalue weighted by Gasteiger charge is 2.27.